The van der Waals surface area contributed by atoms with Crippen LogP contribution in [0.1, 0.15) is 31.7 Å². The Morgan fingerprint density at radius 2 is 1.64 bits per heavy atom. The van der Waals surface area contributed by atoms with Gasteiger partial charge in [-0.1, -0.05) is 92.2 Å². The zero-order valence-electron chi connectivity index (χ0n) is 16.6. The van der Waals surface area contributed by atoms with Gasteiger partial charge in [0.25, 0.3) is 0 Å². The summed E-state index contributed by atoms with van der Waals surface area (Å²) in [4.78, 5) is 0. The van der Waals surface area contributed by atoms with Gasteiger partial charge < -0.3 is 5.32 Å². The van der Waals surface area contributed by atoms with Crippen molar-refractivity contribution in [2.75, 3.05) is 12.8 Å². The number of allylic oxidation sites excluding steroid dienone is 2. The van der Waals surface area contributed by atoms with E-state index >= 15 is 0 Å². The van der Waals surface area contributed by atoms with Crippen molar-refractivity contribution < 1.29 is 8.42 Å². The van der Waals surface area contributed by atoms with E-state index in [0.29, 0.717) is 6.42 Å². The molecule has 0 aromatic heterocycles. The largest absolute Gasteiger partial charge is 0.307 e. The Kier molecular flexibility index (Phi) is 8.18. The number of primary sulfonamides is 1. The fourth-order valence-corrected chi connectivity index (χ4v) is 3.79. The van der Waals surface area contributed by atoms with E-state index in [2.05, 4.69) is 78.2 Å². The molecular weight excluding hydrogens is 368 g/mol. The number of rotatable bonds is 6. The van der Waals surface area contributed by atoms with Crippen LogP contribution in [0, 0.1) is 0 Å². The van der Waals surface area contributed by atoms with Gasteiger partial charge in [-0.3, -0.25) is 0 Å². The molecule has 0 fully saturated rings. The van der Waals surface area contributed by atoms with Crippen molar-refractivity contribution in [3.05, 3.63) is 84.5 Å². The van der Waals surface area contributed by atoms with Crippen LogP contribution in [0.25, 0.3) is 11.1 Å². The Labute approximate surface area is 169 Å². The van der Waals surface area contributed by atoms with Gasteiger partial charge >= 0.3 is 0 Å². The molecule has 28 heavy (non-hydrogen) atoms. The molecule has 0 saturated heterocycles. The summed E-state index contributed by atoms with van der Waals surface area (Å²) in [5, 5.41) is 8.15. The lowest BCUT2D eigenvalue weighted by molar-refractivity contribution is 0.458. The highest BCUT2D eigenvalue weighted by Gasteiger charge is 2.26. The molecule has 0 amide bonds. The van der Waals surface area contributed by atoms with E-state index in [9.17, 15) is 8.42 Å². The van der Waals surface area contributed by atoms with Gasteiger partial charge in [-0.2, -0.15) is 0 Å². The van der Waals surface area contributed by atoms with E-state index in [-0.39, 0.29) is 11.3 Å². The zero-order valence-corrected chi connectivity index (χ0v) is 17.5. The minimum Gasteiger partial charge on any atom is -0.307 e. The first-order valence-electron chi connectivity index (χ1n) is 9.60. The molecule has 1 aliphatic rings. The lowest BCUT2D eigenvalue weighted by atomic mass is 9.83. The van der Waals surface area contributed by atoms with Crippen molar-refractivity contribution in [1.29, 1.82) is 0 Å². The molecule has 0 saturated carbocycles. The first-order chi connectivity index (χ1) is 13.4. The van der Waals surface area contributed by atoms with Gasteiger partial charge in [0.1, 0.15) is 0 Å². The topological polar surface area (TPSA) is 72.2 Å². The van der Waals surface area contributed by atoms with Crippen molar-refractivity contribution >= 4 is 10.0 Å². The second-order valence-electron chi connectivity index (χ2n) is 6.88. The summed E-state index contributed by atoms with van der Waals surface area (Å²) in [5.74, 6) is 0.115. The van der Waals surface area contributed by atoms with Crippen LogP contribution in [0.15, 0.2) is 78.9 Å². The molecule has 0 aliphatic heterocycles. The van der Waals surface area contributed by atoms with Crippen molar-refractivity contribution in [3.63, 3.8) is 0 Å². The summed E-state index contributed by atoms with van der Waals surface area (Å²) in [6.45, 7) is 1.92. The summed E-state index contributed by atoms with van der Waals surface area (Å²) in [7, 11) is -1.16. The Balaban J connectivity index is 0.000000300. The second-order valence-corrected chi connectivity index (χ2v) is 8.61. The standard InChI is InChI=1S/C19H19N.C4H11NO2S/c1-20-19(14-6-3-7-15-19)18-12-10-17(11-13-18)16-8-4-2-5-9-16;1-2-3-4-8(5,6)7/h2-14,20H,15H2,1H3;2-4H2,1H3,(H2,5,6,7). The molecule has 4 nitrogen and oxygen atoms in total. The summed E-state index contributed by atoms with van der Waals surface area (Å²) < 4.78 is 20.3. The molecule has 0 bridgehead atoms. The minimum atomic E-state index is -3.19. The van der Waals surface area contributed by atoms with Gasteiger partial charge in [-0.05, 0) is 36.6 Å². The lowest BCUT2D eigenvalue weighted by Crippen LogP contribution is -2.38. The maximum Gasteiger partial charge on any atom is 0.209 e. The lowest BCUT2D eigenvalue weighted by Gasteiger charge is -2.31. The summed E-state index contributed by atoms with van der Waals surface area (Å²) >= 11 is 0. The predicted octanol–water partition coefficient (Wildman–Crippen LogP) is 4.36. The molecule has 0 radical (unpaired) electrons. The van der Waals surface area contributed by atoms with E-state index in [1.54, 1.807) is 0 Å². The van der Waals surface area contributed by atoms with Crippen molar-refractivity contribution in [1.82, 2.24) is 5.32 Å². The summed E-state index contributed by atoms with van der Waals surface area (Å²) in [6, 6.07) is 19.3. The molecule has 1 aliphatic carbocycles. The molecule has 3 rings (SSSR count). The molecule has 150 valence electrons. The minimum absolute atomic E-state index is 0.0655. The Morgan fingerprint density at radius 3 is 2.11 bits per heavy atom. The molecule has 1 unspecified atom stereocenters. The van der Waals surface area contributed by atoms with Crippen LogP contribution in [0.3, 0.4) is 0 Å². The first kappa shape index (κ1) is 22.1. The van der Waals surface area contributed by atoms with Gasteiger partial charge in [-0.25, -0.2) is 13.6 Å². The normalized spacial score (nSPS) is 18.4. The number of hydrogen-bond acceptors (Lipinski definition) is 3. The fourth-order valence-electron chi connectivity index (χ4n) is 3.10. The molecule has 0 heterocycles. The van der Waals surface area contributed by atoms with E-state index in [0.717, 1.165) is 12.8 Å². The van der Waals surface area contributed by atoms with Crippen LogP contribution in [0.2, 0.25) is 0 Å². The van der Waals surface area contributed by atoms with Crippen LogP contribution in [-0.4, -0.2) is 21.2 Å². The molecule has 5 heteroatoms. The summed E-state index contributed by atoms with van der Waals surface area (Å²) in [5.41, 5.74) is 3.76. The molecule has 0 spiro atoms. The van der Waals surface area contributed by atoms with Gasteiger partial charge in [0.2, 0.25) is 10.0 Å². The number of likely N-dealkylation sites (N-methyl/N-ethyl adjacent to an activating group) is 1. The van der Waals surface area contributed by atoms with Crippen molar-refractivity contribution in [2.24, 2.45) is 5.14 Å². The number of benzene rings is 2. The van der Waals surface area contributed by atoms with Crippen LogP contribution in [0.4, 0.5) is 0 Å². The number of sulfonamides is 1. The number of hydrogen-bond donors (Lipinski definition) is 2. The van der Waals surface area contributed by atoms with Crippen LogP contribution < -0.4 is 10.5 Å². The fraction of sp³-hybridized carbons (Fsp3) is 0.304. The smallest absolute Gasteiger partial charge is 0.209 e. The van der Waals surface area contributed by atoms with Crippen molar-refractivity contribution in [2.45, 2.75) is 31.7 Å². The van der Waals surface area contributed by atoms with E-state index < -0.39 is 10.0 Å². The van der Waals surface area contributed by atoms with Crippen molar-refractivity contribution in [3.8, 4) is 11.1 Å². The molecular formula is C23H30N2O2S. The van der Waals surface area contributed by atoms with Crippen LogP contribution in [-0.2, 0) is 15.6 Å². The van der Waals surface area contributed by atoms with Gasteiger partial charge in [-0.15, -0.1) is 0 Å². The van der Waals surface area contributed by atoms with Gasteiger partial charge in [0.15, 0.2) is 0 Å². The highest BCUT2D eigenvalue weighted by molar-refractivity contribution is 7.89. The van der Waals surface area contributed by atoms with Crippen LogP contribution in [0.5, 0.6) is 0 Å². The third-order valence-electron chi connectivity index (χ3n) is 4.80. The Morgan fingerprint density at radius 1 is 1.00 bits per heavy atom. The second kappa shape index (κ2) is 10.4. The average Bonchev–Trinajstić information content (AvgIpc) is 2.73. The Hall–Kier alpha value is -2.21. The SMILES string of the molecule is CCCCS(N)(=O)=O.CNC1(c2ccc(-c3ccccc3)cc2)C=CC=CC1. The monoisotopic (exact) mass is 398 g/mol. The molecule has 2 aromatic rings. The number of unbranched alkanes of at least 4 members (excludes halogenated alkanes) is 1. The van der Waals surface area contributed by atoms with E-state index in [4.69, 9.17) is 5.14 Å². The van der Waals surface area contributed by atoms with Crippen LogP contribution >= 0.6 is 0 Å². The molecule has 3 N–H and O–H groups in total. The molecule has 2 aromatic carbocycles. The maximum atomic E-state index is 10.2. The van der Waals surface area contributed by atoms with Gasteiger partial charge in [0, 0.05) is 0 Å². The Bertz CT molecular complexity index is 888. The highest BCUT2D eigenvalue weighted by Crippen LogP contribution is 2.31. The zero-order chi connectivity index (χ0) is 20.5. The third kappa shape index (κ3) is 6.44. The predicted molar refractivity (Wildman–Crippen MR) is 118 cm³/mol. The maximum absolute atomic E-state index is 10.2. The van der Waals surface area contributed by atoms with E-state index in [1.807, 2.05) is 20.0 Å². The van der Waals surface area contributed by atoms with E-state index in [1.165, 1.54) is 16.7 Å². The summed E-state index contributed by atoms with van der Waals surface area (Å²) in [6.07, 6.45) is 11.2. The number of nitrogens with two attached hydrogens (primary N) is 1. The molecule has 1 atom stereocenters. The third-order valence-corrected chi connectivity index (χ3v) is 5.66. The highest BCUT2D eigenvalue weighted by atomic mass is 32.2. The number of nitrogens with one attached hydrogen (secondary N) is 1. The first-order valence-corrected chi connectivity index (χ1v) is 11.3. The quantitative estimate of drug-likeness (QED) is 0.759. The van der Waals surface area contributed by atoms with Gasteiger partial charge in [0.05, 0.1) is 11.3 Å². The average molecular weight is 399 g/mol.